The van der Waals surface area contributed by atoms with E-state index in [1.807, 2.05) is 16.9 Å². The maximum atomic E-state index is 12.5. The van der Waals surface area contributed by atoms with Crippen LogP contribution in [0.1, 0.15) is 28.2 Å². The van der Waals surface area contributed by atoms with Crippen molar-refractivity contribution in [3.8, 4) is 0 Å². The van der Waals surface area contributed by atoms with Gasteiger partial charge >= 0.3 is 5.97 Å². The van der Waals surface area contributed by atoms with Crippen molar-refractivity contribution in [3.05, 3.63) is 89.2 Å². The SMILES string of the molecule is O=C(OCc1cnn(CCc2ccccc2)c1)C1C2Cc3ccccc3C21. The maximum absolute atomic E-state index is 12.5. The molecule has 0 radical (unpaired) electrons. The molecule has 0 saturated heterocycles. The number of aromatic nitrogens is 2. The molecule has 2 aliphatic carbocycles. The third-order valence-corrected chi connectivity index (χ3v) is 5.85. The molecule has 3 unspecified atom stereocenters. The summed E-state index contributed by atoms with van der Waals surface area (Å²) in [4.78, 5) is 12.5. The van der Waals surface area contributed by atoms with Crippen LogP contribution in [0.25, 0.3) is 0 Å². The van der Waals surface area contributed by atoms with Crippen molar-refractivity contribution in [2.75, 3.05) is 0 Å². The number of fused-ring (bicyclic) bond motifs is 3. The first-order valence-electron chi connectivity index (χ1n) is 9.59. The zero-order valence-electron chi connectivity index (χ0n) is 15.1. The maximum Gasteiger partial charge on any atom is 0.310 e. The molecule has 4 nitrogen and oxygen atoms in total. The number of nitrogens with zero attached hydrogens (tertiary/aromatic N) is 2. The van der Waals surface area contributed by atoms with E-state index in [1.165, 1.54) is 16.7 Å². The van der Waals surface area contributed by atoms with Crippen molar-refractivity contribution in [2.24, 2.45) is 11.8 Å². The smallest absolute Gasteiger partial charge is 0.310 e. The second-order valence-corrected chi connectivity index (χ2v) is 7.57. The molecule has 5 rings (SSSR count). The van der Waals surface area contributed by atoms with Crippen LogP contribution in [0.3, 0.4) is 0 Å². The summed E-state index contributed by atoms with van der Waals surface area (Å²) in [5, 5.41) is 4.38. The number of rotatable bonds is 6. The molecule has 1 saturated carbocycles. The zero-order chi connectivity index (χ0) is 18.2. The van der Waals surface area contributed by atoms with Crippen LogP contribution in [0.2, 0.25) is 0 Å². The number of hydrogen-bond donors (Lipinski definition) is 0. The monoisotopic (exact) mass is 358 g/mol. The van der Waals surface area contributed by atoms with Gasteiger partial charge in [-0.3, -0.25) is 9.48 Å². The Kier molecular flexibility index (Phi) is 4.04. The third-order valence-electron chi connectivity index (χ3n) is 5.85. The van der Waals surface area contributed by atoms with Crippen molar-refractivity contribution >= 4 is 5.97 Å². The molecule has 0 N–H and O–H groups in total. The van der Waals surface area contributed by atoms with E-state index in [2.05, 4.69) is 53.6 Å². The minimum Gasteiger partial charge on any atom is -0.460 e. The summed E-state index contributed by atoms with van der Waals surface area (Å²) >= 11 is 0. The Hall–Kier alpha value is -2.88. The topological polar surface area (TPSA) is 44.1 Å². The Morgan fingerprint density at radius 3 is 2.78 bits per heavy atom. The van der Waals surface area contributed by atoms with Crippen molar-refractivity contribution in [3.63, 3.8) is 0 Å². The summed E-state index contributed by atoms with van der Waals surface area (Å²) in [6.45, 7) is 1.13. The van der Waals surface area contributed by atoms with Gasteiger partial charge in [-0.1, -0.05) is 54.6 Å². The molecule has 0 bridgehead atoms. The van der Waals surface area contributed by atoms with Crippen molar-refractivity contribution < 1.29 is 9.53 Å². The van der Waals surface area contributed by atoms with Gasteiger partial charge in [0, 0.05) is 24.2 Å². The van der Waals surface area contributed by atoms with Crippen LogP contribution in [-0.4, -0.2) is 15.7 Å². The lowest BCUT2D eigenvalue weighted by atomic mass is 10.0. The number of hydrogen-bond acceptors (Lipinski definition) is 3. The number of ether oxygens (including phenoxy) is 1. The number of benzene rings is 2. The van der Waals surface area contributed by atoms with Crippen LogP contribution in [0.5, 0.6) is 0 Å². The Labute approximate surface area is 158 Å². The van der Waals surface area contributed by atoms with E-state index in [0.717, 1.165) is 24.9 Å². The van der Waals surface area contributed by atoms with E-state index in [0.29, 0.717) is 18.4 Å². The van der Waals surface area contributed by atoms with Crippen LogP contribution in [0.15, 0.2) is 67.0 Å². The molecule has 1 heterocycles. The number of esters is 1. The quantitative estimate of drug-likeness (QED) is 0.630. The summed E-state index contributed by atoms with van der Waals surface area (Å²) in [7, 11) is 0. The summed E-state index contributed by atoms with van der Waals surface area (Å²) in [6.07, 6.45) is 5.71. The van der Waals surface area contributed by atoms with E-state index >= 15 is 0 Å². The van der Waals surface area contributed by atoms with Crippen LogP contribution >= 0.6 is 0 Å². The van der Waals surface area contributed by atoms with Gasteiger partial charge in [0.2, 0.25) is 0 Å². The molecule has 4 heteroatoms. The predicted molar refractivity (Wildman–Crippen MR) is 102 cm³/mol. The summed E-state index contributed by atoms with van der Waals surface area (Å²) in [5.41, 5.74) is 4.98. The molecule has 136 valence electrons. The van der Waals surface area contributed by atoms with Crippen LogP contribution < -0.4 is 0 Å². The van der Waals surface area contributed by atoms with E-state index in [9.17, 15) is 4.79 Å². The molecule has 3 aromatic rings. The van der Waals surface area contributed by atoms with Crippen molar-refractivity contribution in [1.29, 1.82) is 0 Å². The lowest BCUT2D eigenvalue weighted by molar-refractivity contribution is -0.147. The van der Waals surface area contributed by atoms with Gasteiger partial charge in [0.1, 0.15) is 6.61 Å². The highest BCUT2D eigenvalue weighted by atomic mass is 16.5. The molecule has 0 amide bonds. The van der Waals surface area contributed by atoms with E-state index in [4.69, 9.17) is 4.74 Å². The highest BCUT2D eigenvalue weighted by molar-refractivity contribution is 5.79. The van der Waals surface area contributed by atoms with Gasteiger partial charge in [0.15, 0.2) is 0 Å². The second kappa shape index (κ2) is 6.69. The average molecular weight is 358 g/mol. The first-order chi connectivity index (χ1) is 13.3. The van der Waals surface area contributed by atoms with Crippen LogP contribution in [-0.2, 0) is 35.5 Å². The van der Waals surface area contributed by atoms with Gasteiger partial charge in [0.05, 0.1) is 12.1 Å². The summed E-state index contributed by atoms with van der Waals surface area (Å²) < 4.78 is 7.50. The minimum atomic E-state index is -0.0588. The molecule has 2 aliphatic rings. The molecule has 0 aliphatic heterocycles. The van der Waals surface area contributed by atoms with E-state index < -0.39 is 0 Å². The molecule has 1 fully saturated rings. The van der Waals surface area contributed by atoms with Crippen molar-refractivity contribution in [1.82, 2.24) is 9.78 Å². The predicted octanol–water partition coefficient (Wildman–Crippen LogP) is 3.75. The largest absolute Gasteiger partial charge is 0.460 e. The average Bonchev–Trinajstić information content (AvgIpc) is 3.05. The Morgan fingerprint density at radius 2 is 1.89 bits per heavy atom. The second-order valence-electron chi connectivity index (χ2n) is 7.57. The molecule has 1 aromatic heterocycles. The van der Waals surface area contributed by atoms with Crippen LogP contribution in [0, 0.1) is 11.8 Å². The fourth-order valence-electron chi connectivity index (χ4n) is 4.41. The molecule has 2 aromatic carbocycles. The molecule has 27 heavy (non-hydrogen) atoms. The molecular weight excluding hydrogens is 336 g/mol. The Balaban J connectivity index is 1.13. The van der Waals surface area contributed by atoms with E-state index in [1.54, 1.807) is 6.20 Å². The number of carbonyl (C=O) groups excluding carboxylic acids is 1. The fraction of sp³-hybridized carbons (Fsp3) is 0.304. The van der Waals surface area contributed by atoms with Gasteiger partial charge < -0.3 is 4.74 Å². The standard InChI is InChI=1S/C23H22N2O2/c26-23(22-20-12-18-8-4-5-9-19(18)21(20)22)27-15-17-13-24-25(14-17)11-10-16-6-2-1-3-7-16/h1-9,13-14,20-22H,10-12,15H2. The molecule has 3 atom stereocenters. The van der Waals surface area contributed by atoms with Gasteiger partial charge in [-0.25, -0.2) is 0 Å². The van der Waals surface area contributed by atoms with Gasteiger partial charge in [-0.2, -0.15) is 5.10 Å². The lowest BCUT2D eigenvalue weighted by Crippen LogP contribution is -2.11. The van der Waals surface area contributed by atoms with E-state index in [-0.39, 0.29) is 11.9 Å². The summed E-state index contributed by atoms with van der Waals surface area (Å²) in [6, 6.07) is 18.8. The molecular formula is C23H22N2O2. The van der Waals surface area contributed by atoms with Gasteiger partial charge in [0.25, 0.3) is 0 Å². The first-order valence-corrected chi connectivity index (χ1v) is 9.59. The van der Waals surface area contributed by atoms with Gasteiger partial charge in [-0.15, -0.1) is 0 Å². The van der Waals surface area contributed by atoms with Gasteiger partial charge in [-0.05, 0) is 35.4 Å². The lowest BCUT2D eigenvalue weighted by Gasteiger charge is -2.07. The zero-order valence-corrected chi connectivity index (χ0v) is 15.1. The third kappa shape index (κ3) is 3.16. The normalized spacial score (nSPS) is 22.1. The molecule has 0 spiro atoms. The number of aryl methyl sites for hydroxylation is 2. The Morgan fingerprint density at radius 1 is 1.07 bits per heavy atom. The summed E-state index contributed by atoms with van der Waals surface area (Å²) in [5.74, 6) is 0.815. The first kappa shape index (κ1) is 16.3. The fourth-order valence-corrected chi connectivity index (χ4v) is 4.41. The van der Waals surface area contributed by atoms with Crippen LogP contribution in [0.4, 0.5) is 0 Å². The number of carbonyl (C=O) groups is 1. The minimum absolute atomic E-state index is 0.0491. The van der Waals surface area contributed by atoms with Crippen molar-refractivity contribution in [2.45, 2.75) is 31.9 Å². The Bertz CT molecular complexity index is 963. The highest BCUT2D eigenvalue weighted by Gasteiger charge is 2.60. The highest BCUT2D eigenvalue weighted by Crippen LogP contribution is 2.61.